The van der Waals surface area contributed by atoms with Gasteiger partial charge < -0.3 is 10.2 Å². The quantitative estimate of drug-likeness (QED) is 0.853. The second kappa shape index (κ2) is 7.63. The Kier molecular flexibility index (Phi) is 5.56. The predicted octanol–water partition coefficient (Wildman–Crippen LogP) is 3.18. The summed E-state index contributed by atoms with van der Waals surface area (Å²) in [5, 5.41) is 11.7. The topological polar surface area (TPSA) is 73.2 Å². The zero-order valence-corrected chi connectivity index (χ0v) is 14.6. The molecule has 0 aliphatic carbocycles. The normalized spacial score (nSPS) is 10.6. The Morgan fingerprint density at radius 3 is 2.44 bits per heavy atom. The van der Waals surface area contributed by atoms with Crippen LogP contribution in [0.1, 0.15) is 25.0 Å². The second-order valence-corrected chi connectivity index (χ2v) is 6.42. The summed E-state index contributed by atoms with van der Waals surface area (Å²) in [4.78, 5) is 26.9. The third kappa shape index (κ3) is 4.45. The van der Waals surface area contributed by atoms with Crippen molar-refractivity contribution < 1.29 is 9.59 Å². The van der Waals surface area contributed by atoms with E-state index in [2.05, 4.69) is 5.32 Å². The molecule has 0 fully saturated rings. The number of carbonyl (C=O) groups excluding carboxylic acids is 2. The van der Waals surface area contributed by atoms with Gasteiger partial charge in [-0.05, 0) is 37.6 Å². The van der Waals surface area contributed by atoms with Crippen LogP contribution < -0.4 is 5.32 Å². The van der Waals surface area contributed by atoms with Gasteiger partial charge in [-0.3, -0.25) is 9.59 Å². The van der Waals surface area contributed by atoms with E-state index in [1.54, 1.807) is 50.1 Å². The lowest BCUT2D eigenvalue weighted by molar-refractivity contribution is -0.145. The van der Waals surface area contributed by atoms with Crippen LogP contribution in [0.5, 0.6) is 0 Å². The molecule has 2 rings (SSSR count). The molecule has 5 heteroatoms. The summed E-state index contributed by atoms with van der Waals surface area (Å²) < 4.78 is 0. The smallest absolute Gasteiger partial charge is 0.239 e. The Labute approximate surface area is 147 Å². The van der Waals surface area contributed by atoms with Crippen molar-refractivity contribution >= 4 is 17.5 Å². The standard InChI is InChI=1S/C20H21N3O2/c1-20(2,18(24)22-17-11-7-10-16(12-17)13-21)19(25)23(3)14-15-8-5-4-6-9-15/h4-12H,14H2,1-3H3,(H,22,24). The Hall–Kier alpha value is -3.13. The fourth-order valence-electron chi connectivity index (χ4n) is 2.46. The van der Waals surface area contributed by atoms with E-state index in [9.17, 15) is 9.59 Å². The van der Waals surface area contributed by atoms with Crippen molar-refractivity contribution in [1.29, 1.82) is 5.26 Å². The van der Waals surface area contributed by atoms with E-state index < -0.39 is 11.3 Å². The molecule has 0 heterocycles. The van der Waals surface area contributed by atoms with Gasteiger partial charge in [-0.1, -0.05) is 36.4 Å². The molecule has 25 heavy (non-hydrogen) atoms. The van der Waals surface area contributed by atoms with Crippen molar-refractivity contribution in [2.75, 3.05) is 12.4 Å². The number of hydrogen-bond donors (Lipinski definition) is 1. The van der Waals surface area contributed by atoms with E-state index in [1.165, 1.54) is 0 Å². The van der Waals surface area contributed by atoms with E-state index in [-0.39, 0.29) is 5.91 Å². The summed E-state index contributed by atoms with van der Waals surface area (Å²) in [7, 11) is 1.68. The van der Waals surface area contributed by atoms with Crippen LogP contribution in [0.2, 0.25) is 0 Å². The van der Waals surface area contributed by atoms with E-state index in [1.807, 2.05) is 36.4 Å². The van der Waals surface area contributed by atoms with E-state index >= 15 is 0 Å². The van der Waals surface area contributed by atoms with Crippen molar-refractivity contribution in [3.63, 3.8) is 0 Å². The SMILES string of the molecule is CN(Cc1ccccc1)C(=O)C(C)(C)C(=O)Nc1cccc(C#N)c1. The lowest BCUT2D eigenvalue weighted by Crippen LogP contribution is -2.45. The lowest BCUT2D eigenvalue weighted by Gasteiger charge is -2.28. The first-order valence-electron chi connectivity index (χ1n) is 7.95. The van der Waals surface area contributed by atoms with Gasteiger partial charge in [0.1, 0.15) is 5.41 Å². The molecule has 128 valence electrons. The highest BCUT2D eigenvalue weighted by Crippen LogP contribution is 2.23. The molecular formula is C20H21N3O2. The molecule has 2 amide bonds. The Morgan fingerprint density at radius 1 is 1.12 bits per heavy atom. The van der Waals surface area contributed by atoms with Gasteiger partial charge in [0.15, 0.2) is 0 Å². The summed E-state index contributed by atoms with van der Waals surface area (Å²) in [6, 6.07) is 18.2. The van der Waals surface area contributed by atoms with Crippen molar-refractivity contribution in [1.82, 2.24) is 4.90 Å². The van der Waals surface area contributed by atoms with E-state index in [4.69, 9.17) is 5.26 Å². The first kappa shape index (κ1) is 18.2. The zero-order chi connectivity index (χ0) is 18.4. The largest absolute Gasteiger partial charge is 0.341 e. The molecular weight excluding hydrogens is 314 g/mol. The maximum atomic E-state index is 12.7. The number of anilines is 1. The maximum absolute atomic E-state index is 12.7. The average Bonchev–Trinajstić information content (AvgIpc) is 2.61. The summed E-state index contributed by atoms with van der Waals surface area (Å²) >= 11 is 0. The first-order valence-corrected chi connectivity index (χ1v) is 7.95. The van der Waals surface area contributed by atoms with Gasteiger partial charge in [-0.25, -0.2) is 0 Å². The fraction of sp³-hybridized carbons (Fsp3) is 0.250. The van der Waals surface area contributed by atoms with Crippen LogP contribution in [-0.4, -0.2) is 23.8 Å². The number of nitrogens with one attached hydrogen (secondary N) is 1. The molecule has 2 aromatic rings. The van der Waals surface area contributed by atoms with Crippen LogP contribution in [0, 0.1) is 16.7 Å². The van der Waals surface area contributed by atoms with Crippen molar-refractivity contribution in [3.8, 4) is 6.07 Å². The van der Waals surface area contributed by atoms with Gasteiger partial charge in [0.25, 0.3) is 0 Å². The monoisotopic (exact) mass is 335 g/mol. The van der Waals surface area contributed by atoms with Gasteiger partial charge in [-0.15, -0.1) is 0 Å². The van der Waals surface area contributed by atoms with Crippen LogP contribution in [-0.2, 0) is 16.1 Å². The van der Waals surface area contributed by atoms with Crippen molar-refractivity contribution in [2.45, 2.75) is 20.4 Å². The highest BCUT2D eigenvalue weighted by Gasteiger charge is 2.38. The van der Waals surface area contributed by atoms with Gasteiger partial charge in [0.2, 0.25) is 11.8 Å². The number of rotatable bonds is 5. The molecule has 0 aliphatic heterocycles. The molecule has 5 nitrogen and oxygen atoms in total. The lowest BCUT2D eigenvalue weighted by atomic mass is 9.90. The van der Waals surface area contributed by atoms with Gasteiger partial charge in [-0.2, -0.15) is 5.26 Å². The predicted molar refractivity (Wildman–Crippen MR) is 96.5 cm³/mol. The van der Waals surface area contributed by atoms with E-state index in [0.29, 0.717) is 17.8 Å². The third-order valence-corrected chi connectivity index (χ3v) is 3.96. The third-order valence-electron chi connectivity index (χ3n) is 3.96. The second-order valence-electron chi connectivity index (χ2n) is 6.42. The summed E-state index contributed by atoms with van der Waals surface area (Å²) in [5.41, 5.74) is 0.710. The van der Waals surface area contributed by atoms with Crippen molar-refractivity contribution in [3.05, 3.63) is 65.7 Å². The van der Waals surface area contributed by atoms with Gasteiger partial charge >= 0.3 is 0 Å². The molecule has 0 saturated heterocycles. The minimum Gasteiger partial charge on any atom is -0.341 e. The molecule has 0 atom stereocenters. The first-order chi connectivity index (χ1) is 11.8. The van der Waals surface area contributed by atoms with Crippen LogP contribution >= 0.6 is 0 Å². The van der Waals surface area contributed by atoms with Crippen LogP contribution in [0.25, 0.3) is 0 Å². The molecule has 0 unspecified atom stereocenters. The number of hydrogen-bond acceptors (Lipinski definition) is 3. The Morgan fingerprint density at radius 2 is 1.80 bits per heavy atom. The molecule has 0 aromatic heterocycles. The highest BCUT2D eigenvalue weighted by molar-refractivity contribution is 6.09. The zero-order valence-electron chi connectivity index (χ0n) is 14.6. The summed E-state index contributed by atoms with van der Waals surface area (Å²) in [6.07, 6.45) is 0. The Bertz CT molecular complexity index is 807. The highest BCUT2D eigenvalue weighted by atomic mass is 16.2. The summed E-state index contributed by atoms with van der Waals surface area (Å²) in [5.74, 6) is -0.683. The van der Waals surface area contributed by atoms with E-state index in [0.717, 1.165) is 5.56 Å². The minimum atomic E-state index is -1.23. The summed E-state index contributed by atoms with van der Waals surface area (Å²) in [6.45, 7) is 3.63. The van der Waals surface area contributed by atoms with Crippen LogP contribution in [0.3, 0.4) is 0 Å². The average molecular weight is 335 g/mol. The van der Waals surface area contributed by atoms with Crippen LogP contribution in [0.15, 0.2) is 54.6 Å². The number of benzene rings is 2. The number of nitrogens with zero attached hydrogens (tertiary/aromatic N) is 2. The maximum Gasteiger partial charge on any atom is 0.239 e. The van der Waals surface area contributed by atoms with Crippen molar-refractivity contribution in [2.24, 2.45) is 5.41 Å². The number of nitriles is 1. The van der Waals surface area contributed by atoms with Gasteiger partial charge in [0.05, 0.1) is 11.6 Å². The number of amides is 2. The fourth-order valence-corrected chi connectivity index (χ4v) is 2.46. The molecule has 2 aromatic carbocycles. The molecule has 1 N–H and O–H groups in total. The molecule has 0 saturated carbocycles. The molecule has 0 aliphatic rings. The minimum absolute atomic E-state index is 0.273. The molecule has 0 radical (unpaired) electrons. The molecule has 0 spiro atoms. The van der Waals surface area contributed by atoms with Crippen LogP contribution in [0.4, 0.5) is 5.69 Å². The number of carbonyl (C=O) groups is 2. The Balaban J connectivity index is 2.08. The van der Waals surface area contributed by atoms with Gasteiger partial charge in [0, 0.05) is 19.3 Å². The molecule has 0 bridgehead atoms.